The molecule has 3 rings (SSSR count). The number of rotatable bonds is 8. The van der Waals surface area contributed by atoms with Crippen molar-refractivity contribution in [3.05, 3.63) is 59.2 Å². The smallest absolute Gasteiger partial charge is 0.251 e. The molecule has 0 atom stereocenters. The van der Waals surface area contributed by atoms with Crippen molar-refractivity contribution in [3.8, 4) is 11.5 Å². The van der Waals surface area contributed by atoms with E-state index < -0.39 is 0 Å². The molecule has 2 aromatic carbocycles. The topological polar surface area (TPSA) is 56.8 Å². The Morgan fingerprint density at radius 3 is 2.70 bits per heavy atom. The molecule has 0 bridgehead atoms. The van der Waals surface area contributed by atoms with Gasteiger partial charge in [0.05, 0.1) is 0 Å². The van der Waals surface area contributed by atoms with Gasteiger partial charge in [-0.2, -0.15) is 0 Å². The standard InChI is InChI=1S/C22H27NO4/c1-22(2)14-18-6-4-7-19(20(18)27-22)26-15-16-8-10-17(11-9-16)21(24)23-12-5-13-25-3/h4,6-11H,5,12-15H2,1-3H3,(H,23,24). The fraction of sp³-hybridized carbons (Fsp3) is 0.409. The van der Waals surface area contributed by atoms with Gasteiger partial charge in [-0.15, -0.1) is 0 Å². The molecule has 0 saturated carbocycles. The first kappa shape index (κ1) is 19.2. The number of hydrogen-bond acceptors (Lipinski definition) is 4. The Bertz CT molecular complexity index is 783. The van der Waals surface area contributed by atoms with E-state index in [1.807, 2.05) is 36.4 Å². The minimum atomic E-state index is -0.194. The lowest BCUT2D eigenvalue weighted by atomic mass is 10.0. The number of ether oxygens (including phenoxy) is 3. The summed E-state index contributed by atoms with van der Waals surface area (Å²) in [6.07, 6.45) is 1.68. The van der Waals surface area contributed by atoms with Crippen molar-refractivity contribution < 1.29 is 19.0 Å². The molecule has 0 saturated heterocycles. The second-order valence-corrected chi connectivity index (χ2v) is 7.37. The molecular formula is C22H27NO4. The predicted molar refractivity (Wildman–Crippen MR) is 104 cm³/mol. The molecule has 1 N–H and O–H groups in total. The van der Waals surface area contributed by atoms with E-state index >= 15 is 0 Å². The number of nitrogens with one attached hydrogen (secondary N) is 1. The summed E-state index contributed by atoms with van der Waals surface area (Å²) in [5.74, 6) is 1.53. The van der Waals surface area contributed by atoms with Crippen LogP contribution in [0.4, 0.5) is 0 Å². The van der Waals surface area contributed by atoms with Gasteiger partial charge in [0.2, 0.25) is 0 Å². The summed E-state index contributed by atoms with van der Waals surface area (Å²) in [6.45, 7) is 5.83. The summed E-state index contributed by atoms with van der Waals surface area (Å²) in [7, 11) is 1.65. The van der Waals surface area contributed by atoms with Crippen molar-refractivity contribution in [3.63, 3.8) is 0 Å². The average Bonchev–Trinajstić information content (AvgIpc) is 2.98. The molecule has 0 aliphatic carbocycles. The Labute approximate surface area is 160 Å². The van der Waals surface area contributed by atoms with Gasteiger partial charge in [0.1, 0.15) is 12.2 Å². The maximum atomic E-state index is 12.1. The van der Waals surface area contributed by atoms with Gasteiger partial charge in [0.25, 0.3) is 5.91 Å². The minimum Gasteiger partial charge on any atom is -0.485 e. The van der Waals surface area contributed by atoms with Crippen molar-refractivity contribution in [2.75, 3.05) is 20.3 Å². The number of fused-ring (bicyclic) bond motifs is 1. The first-order chi connectivity index (χ1) is 13.0. The van der Waals surface area contributed by atoms with Crippen LogP contribution in [0.2, 0.25) is 0 Å². The van der Waals surface area contributed by atoms with E-state index in [9.17, 15) is 4.79 Å². The predicted octanol–water partition coefficient (Wildman–Crippen LogP) is 3.75. The van der Waals surface area contributed by atoms with Crippen LogP contribution < -0.4 is 14.8 Å². The lowest BCUT2D eigenvalue weighted by Gasteiger charge is -2.18. The van der Waals surface area contributed by atoms with Crippen LogP contribution in [0.3, 0.4) is 0 Å². The normalized spacial score (nSPS) is 14.3. The third-order valence-electron chi connectivity index (χ3n) is 4.48. The van der Waals surface area contributed by atoms with Gasteiger partial charge in [0, 0.05) is 37.8 Å². The molecule has 1 aliphatic rings. The van der Waals surface area contributed by atoms with Crippen LogP contribution >= 0.6 is 0 Å². The van der Waals surface area contributed by atoms with E-state index in [1.54, 1.807) is 7.11 Å². The summed E-state index contributed by atoms with van der Waals surface area (Å²) >= 11 is 0. The van der Waals surface area contributed by atoms with Crippen molar-refractivity contribution in [1.82, 2.24) is 5.32 Å². The van der Waals surface area contributed by atoms with E-state index in [-0.39, 0.29) is 11.5 Å². The van der Waals surface area contributed by atoms with Crippen molar-refractivity contribution in [1.29, 1.82) is 0 Å². The molecule has 0 spiro atoms. The molecule has 0 fully saturated rings. The van der Waals surface area contributed by atoms with Crippen molar-refractivity contribution in [2.45, 2.75) is 38.9 Å². The molecule has 2 aromatic rings. The van der Waals surface area contributed by atoms with E-state index in [4.69, 9.17) is 14.2 Å². The van der Waals surface area contributed by atoms with Crippen LogP contribution in [-0.2, 0) is 17.8 Å². The largest absolute Gasteiger partial charge is 0.485 e. The van der Waals surface area contributed by atoms with E-state index in [0.29, 0.717) is 25.3 Å². The molecule has 27 heavy (non-hydrogen) atoms. The number of benzene rings is 2. The highest BCUT2D eigenvalue weighted by molar-refractivity contribution is 5.94. The highest BCUT2D eigenvalue weighted by atomic mass is 16.5. The van der Waals surface area contributed by atoms with E-state index in [2.05, 4.69) is 25.2 Å². The SMILES string of the molecule is COCCCNC(=O)c1ccc(COc2cccc3c2OC(C)(C)C3)cc1. The third-order valence-corrected chi connectivity index (χ3v) is 4.48. The summed E-state index contributed by atoms with van der Waals surface area (Å²) in [5, 5.41) is 2.88. The van der Waals surface area contributed by atoms with Gasteiger partial charge in [-0.05, 0) is 44.0 Å². The Kier molecular flexibility index (Phi) is 6.01. The quantitative estimate of drug-likeness (QED) is 0.720. The number of hydrogen-bond donors (Lipinski definition) is 1. The first-order valence-corrected chi connectivity index (χ1v) is 9.28. The third kappa shape index (κ3) is 5.01. The highest BCUT2D eigenvalue weighted by Crippen LogP contribution is 2.41. The number of carbonyl (C=O) groups is 1. The zero-order valence-corrected chi connectivity index (χ0v) is 16.2. The highest BCUT2D eigenvalue weighted by Gasteiger charge is 2.32. The van der Waals surface area contributed by atoms with Crippen LogP contribution in [0.25, 0.3) is 0 Å². The van der Waals surface area contributed by atoms with Crippen LogP contribution in [0.5, 0.6) is 11.5 Å². The van der Waals surface area contributed by atoms with E-state index in [1.165, 1.54) is 5.56 Å². The van der Waals surface area contributed by atoms with Gasteiger partial charge >= 0.3 is 0 Å². The van der Waals surface area contributed by atoms with Crippen LogP contribution in [-0.4, -0.2) is 31.8 Å². The Balaban J connectivity index is 1.56. The molecule has 1 aliphatic heterocycles. The number of para-hydroxylation sites is 1. The summed E-state index contributed by atoms with van der Waals surface area (Å²) in [4.78, 5) is 12.1. The number of amides is 1. The Hall–Kier alpha value is -2.53. The van der Waals surface area contributed by atoms with Gasteiger partial charge in [0.15, 0.2) is 11.5 Å². The van der Waals surface area contributed by atoms with Crippen LogP contribution in [0.15, 0.2) is 42.5 Å². The van der Waals surface area contributed by atoms with Crippen molar-refractivity contribution in [2.24, 2.45) is 0 Å². The van der Waals surface area contributed by atoms with Crippen LogP contribution in [0.1, 0.15) is 41.8 Å². The number of methoxy groups -OCH3 is 1. The zero-order chi connectivity index (χ0) is 19.3. The van der Waals surface area contributed by atoms with Gasteiger partial charge in [-0.25, -0.2) is 0 Å². The monoisotopic (exact) mass is 369 g/mol. The lowest BCUT2D eigenvalue weighted by Crippen LogP contribution is -2.25. The Morgan fingerprint density at radius 2 is 1.96 bits per heavy atom. The molecule has 1 amide bonds. The fourth-order valence-corrected chi connectivity index (χ4v) is 3.13. The Morgan fingerprint density at radius 1 is 1.19 bits per heavy atom. The molecule has 5 heteroatoms. The summed E-state index contributed by atoms with van der Waals surface area (Å²) in [5.41, 5.74) is 2.63. The maximum Gasteiger partial charge on any atom is 0.251 e. The minimum absolute atomic E-state index is 0.0740. The second kappa shape index (κ2) is 8.44. The maximum absolute atomic E-state index is 12.1. The average molecular weight is 369 g/mol. The molecule has 0 radical (unpaired) electrons. The summed E-state index contributed by atoms with van der Waals surface area (Å²) < 4.78 is 17.0. The second-order valence-electron chi connectivity index (χ2n) is 7.37. The van der Waals surface area contributed by atoms with Gasteiger partial charge in [-0.1, -0.05) is 24.3 Å². The van der Waals surface area contributed by atoms with Crippen LogP contribution in [0, 0.1) is 0 Å². The van der Waals surface area contributed by atoms with Gasteiger partial charge < -0.3 is 19.5 Å². The molecule has 5 nitrogen and oxygen atoms in total. The molecular weight excluding hydrogens is 342 g/mol. The molecule has 1 heterocycles. The summed E-state index contributed by atoms with van der Waals surface area (Å²) in [6, 6.07) is 13.5. The first-order valence-electron chi connectivity index (χ1n) is 9.28. The fourth-order valence-electron chi connectivity index (χ4n) is 3.13. The van der Waals surface area contributed by atoms with Crippen molar-refractivity contribution >= 4 is 5.91 Å². The van der Waals surface area contributed by atoms with Gasteiger partial charge in [-0.3, -0.25) is 4.79 Å². The number of carbonyl (C=O) groups excluding carboxylic acids is 1. The zero-order valence-electron chi connectivity index (χ0n) is 16.2. The molecule has 144 valence electrons. The lowest BCUT2D eigenvalue weighted by molar-refractivity contribution is 0.0948. The van der Waals surface area contributed by atoms with E-state index in [0.717, 1.165) is 29.9 Å². The molecule has 0 unspecified atom stereocenters. The molecule has 0 aromatic heterocycles.